The first-order chi connectivity index (χ1) is 23.7. The van der Waals surface area contributed by atoms with Gasteiger partial charge in [-0.05, 0) is 66.4 Å². The number of esters is 3. The van der Waals surface area contributed by atoms with Gasteiger partial charge in [0.15, 0.2) is 12.2 Å². The third-order valence-corrected chi connectivity index (χ3v) is 7.29. The van der Waals surface area contributed by atoms with Gasteiger partial charge < -0.3 is 38.5 Å². The van der Waals surface area contributed by atoms with Crippen molar-refractivity contribution in [1.82, 2.24) is 16.0 Å². The molecular weight excluding hydrogens is 672 g/mol. The lowest BCUT2D eigenvalue weighted by Gasteiger charge is -2.41. The Labute approximate surface area is 298 Å². The Morgan fingerprint density at radius 3 is 1.92 bits per heavy atom. The van der Waals surface area contributed by atoms with E-state index in [1.807, 2.05) is 0 Å². The average molecular weight is 727 g/mol. The summed E-state index contributed by atoms with van der Waals surface area (Å²) in [6.45, 7) is 13.1. The number of amides is 3. The molecule has 288 valence electrons. The van der Waals surface area contributed by atoms with Crippen LogP contribution >= 0.6 is 0 Å². The summed E-state index contributed by atoms with van der Waals surface area (Å²) in [7, 11) is 1.12. The number of hydrogen-bond donors (Lipinski definition) is 3. The number of hydrogen-bond acceptors (Lipinski definition) is 14. The number of carbonyl (C=O) groups is 6. The van der Waals surface area contributed by atoms with Gasteiger partial charge >= 0.3 is 30.1 Å². The van der Waals surface area contributed by atoms with Crippen LogP contribution in [0.25, 0.3) is 0 Å². The normalized spacial score (nSPS) is 20.5. The SMILES string of the molecule is COC(=O)C1=C[C@H](N=C(NC(=O)OC(C)(C)C)NC(=O)OC(C)(C)C)[C@@H](NC(C)=O)[C@H]([C@H](OCC2CCCCC2)[C@@H](COC(C)=O)OC(C)=O)O1. The third kappa shape index (κ3) is 16.0. The number of nitrogens with one attached hydrogen (secondary N) is 3. The predicted octanol–water partition coefficient (Wildman–Crippen LogP) is 3.18. The molecule has 5 atom stereocenters. The van der Waals surface area contributed by atoms with Gasteiger partial charge in [-0.3, -0.25) is 25.0 Å². The molecule has 1 aliphatic carbocycles. The van der Waals surface area contributed by atoms with E-state index in [4.69, 9.17) is 33.2 Å². The Kier molecular flexibility index (Phi) is 16.2. The number of alkyl carbamates (subject to hydrolysis) is 2. The highest BCUT2D eigenvalue weighted by Crippen LogP contribution is 2.30. The number of ether oxygens (including phenoxy) is 7. The van der Waals surface area contributed by atoms with Crippen LogP contribution in [0.15, 0.2) is 16.8 Å². The summed E-state index contributed by atoms with van der Waals surface area (Å²) >= 11 is 0. The average Bonchev–Trinajstić information content (AvgIpc) is 2.98. The van der Waals surface area contributed by atoms with E-state index in [0.29, 0.717) is 0 Å². The van der Waals surface area contributed by atoms with E-state index in [2.05, 4.69) is 20.9 Å². The summed E-state index contributed by atoms with van der Waals surface area (Å²) in [5.74, 6) is -3.57. The molecule has 51 heavy (non-hydrogen) atoms. The van der Waals surface area contributed by atoms with E-state index in [9.17, 15) is 28.8 Å². The zero-order chi connectivity index (χ0) is 38.5. The van der Waals surface area contributed by atoms with Crippen molar-refractivity contribution in [3.8, 4) is 0 Å². The van der Waals surface area contributed by atoms with E-state index in [-0.39, 0.29) is 18.3 Å². The smallest absolute Gasteiger partial charge is 0.414 e. The highest BCUT2D eigenvalue weighted by molar-refractivity contribution is 6.01. The molecule has 17 heteroatoms. The van der Waals surface area contributed by atoms with E-state index in [1.54, 1.807) is 41.5 Å². The summed E-state index contributed by atoms with van der Waals surface area (Å²) in [6.07, 6.45) is 0.196. The van der Waals surface area contributed by atoms with Crippen LogP contribution in [0.4, 0.5) is 9.59 Å². The fraction of sp³-hybridized carbons (Fsp3) is 0.735. The molecule has 2 rings (SSSR count). The van der Waals surface area contributed by atoms with Crippen molar-refractivity contribution in [1.29, 1.82) is 0 Å². The zero-order valence-corrected chi connectivity index (χ0v) is 31.2. The number of aliphatic imine (C=N–C) groups is 1. The fourth-order valence-corrected chi connectivity index (χ4v) is 5.39. The minimum absolute atomic E-state index is 0.142. The molecule has 3 amide bonds. The summed E-state index contributed by atoms with van der Waals surface area (Å²) < 4.78 is 39.1. The number of methoxy groups -OCH3 is 1. The van der Waals surface area contributed by atoms with Gasteiger partial charge in [0.25, 0.3) is 0 Å². The van der Waals surface area contributed by atoms with Crippen molar-refractivity contribution in [3.63, 3.8) is 0 Å². The van der Waals surface area contributed by atoms with Gasteiger partial charge in [-0.25, -0.2) is 19.4 Å². The molecule has 2 aliphatic rings. The van der Waals surface area contributed by atoms with Gasteiger partial charge in [0, 0.05) is 20.8 Å². The van der Waals surface area contributed by atoms with Crippen LogP contribution in [0, 0.1) is 5.92 Å². The number of nitrogens with zero attached hydrogens (tertiary/aromatic N) is 1. The van der Waals surface area contributed by atoms with E-state index < -0.39 is 90.2 Å². The Balaban J connectivity index is 2.76. The Morgan fingerprint density at radius 2 is 1.45 bits per heavy atom. The van der Waals surface area contributed by atoms with Crippen molar-refractivity contribution in [2.75, 3.05) is 20.3 Å². The van der Waals surface area contributed by atoms with E-state index >= 15 is 0 Å². The molecule has 0 spiro atoms. The molecule has 0 radical (unpaired) electrons. The lowest BCUT2D eigenvalue weighted by molar-refractivity contribution is -0.184. The standard InChI is InChI=1S/C34H54N4O13/c1-19(39)35-26-23(36-30(37-31(43)50-33(4,5)6)38-32(44)51-34(7,8)9)16-24(29(42)45-10)49-28(26)27(47-17-22-14-12-11-13-15-22)25(48-21(3)41)18-46-20(2)40/h16,22-23,25-28H,11-15,17-18H2,1-10H3,(H,35,39)(H2,36,37,38,43,44)/t23-,25+,26+,27+,28+/m0/s1. The monoisotopic (exact) mass is 726 g/mol. The Hall–Kier alpha value is -4.41. The third-order valence-electron chi connectivity index (χ3n) is 7.29. The maximum absolute atomic E-state index is 13.0. The number of carbonyl (C=O) groups excluding carboxylic acids is 6. The summed E-state index contributed by atoms with van der Waals surface area (Å²) in [5.41, 5.74) is -1.86. The second kappa shape index (κ2) is 19.3. The molecule has 3 N–H and O–H groups in total. The fourth-order valence-electron chi connectivity index (χ4n) is 5.39. The van der Waals surface area contributed by atoms with Crippen LogP contribution in [0.5, 0.6) is 0 Å². The van der Waals surface area contributed by atoms with Gasteiger partial charge in [0.2, 0.25) is 17.6 Å². The molecule has 0 aromatic rings. The van der Waals surface area contributed by atoms with Crippen LogP contribution in [0.1, 0.15) is 94.4 Å². The lowest BCUT2D eigenvalue weighted by atomic mass is 9.89. The van der Waals surface area contributed by atoms with Gasteiger partial charge in [0.1, 0.15) is 23.9 Å². The molecule has 1 saturated carbocycles. The summed E-state index contributed by atoms with van der Waals surface area (Å²) in [4.78, 5) is 80.2. The van der Waals surface area contributed by atoms with Crippen molar-refractivity contribution in [3.05, 3.63) is 11.8 Å². The Bertz CT molecular complexity index is 1280. The van der Waals surface area contributed by atoms with Crippen LogP contribution in [0.3, 0.4) is 0 Å². The van der Waals surface area contributed by atoms with Crippen LogP contribution in [-0.2, 0) is 52.3 Å². The quantitative estimate of drug-likeness (QED) is 0.121. The largest absolute Gasteiger partial charge is 0.478 e. The molecular formula is C34H54N4O13. The van der Waals surface area contributed by atoms with Crippen LogP contribution in [0.2, 0.25) is 0 Å². The lowest BCUT2D eigenvalue weighted by Crippen LogP contribution is -2.61. The predicted molar refractivity (Wildman–Crippen MR) is 181 cm³/mol. The molecule has 0 bridgehead atoms. The minimum Gasteiger partial charge on any atom is -0.478 e. The maximum atomic E-state index is 13.0. The molecule has 1 aliphatic heterocycles. The maximum Gasteiger partial charge on any atom is 0.414 e. The summed E-state index contributed by atoms with van der Waals surface area (Å²) in [5, 5.41) is 7.52. The molecule has 0 aromatic heterocycles. The first-order valence-corrected chi connectivity index (χ1v) is 16.9. The van der Waals surface area contributed by atoms with Crippen molar-refractivity contribution in [2.24, 2.45) is 10.9 Å². The molecule has 17 nitrogen and oxygen atoms in total. The highest BCUT2D eigenvalue weighted by atomic mass is 16.6. The van der Waals surface area contributed by atoms with Gasteiger partial charge in [0.05, 0.1) is 25.8 Å². The minimum atomic E-state index is -1.35. The molecule has 0 aromatic carbocycles. The number of guanidine groups is 1. The first-order valence-electron chi connectivity index (χ1n) is 16.9. The van der Waals surface area contributed by atoms with Crippen molar-refractivity contribution >= 4 is 42.0 Å². The molecule has 1 heterocycles. The first kappa shape index (κ1) is 42.8. The van der Waals surface area contributed by atoms with Crippen molar-refractivity contribution < 1.29 is 61.9 Å². The van der Waals surface area contributed by atoms with Crippen LogP contribution in [-0.4, -0.2) is 104 Å². The Morgan fingerprint density at radius 1 is 0.882 bits per heavy atom. The van der Waals surface area contributed by atoms with Gasteiger partial charge in [-0.15, -0.1) is 0 Å². The van der Waals surface area contributed by atoms with Crippen molar-refractivity contribution in [2.45, 2.75) is 136 Å². The topological polar surface area (TPSA) is 215 Å². The molecule has 0 unspecified atom stereocenters. The van der Waals surface area contributed by atoms with Gasteiger partial charge in [-0.2, -0.15) is 0 Å². The van der Waals surface area contributed by atoms with Gasteiger partial charge in [-0.1, -0.05) is 19.3 Å². The second-order valence-electron chi connectivity index (χ2n) is 14.3. The number of rotatable bonds is 11. The van der Waals surface area contributed by atoms with E-state index in [1.165, 1.54) is 19.9 Å². The highest BCUT2D eigenvalue weighted by Gasteiger charge is 2.47. The molecule has 1 fully saturated rings. The summed E-state index contributed by atoms with van der Waals surface area (Å²) in [6, 6.07) is -2.49. The zero-order valence-electron chi connectivity index (χ0n) is 31.2. The second-order valence-corrected chi connectivity index (χ2v) is 14.3. The van der Waals surface area contributed by atoms with E-state index in [0.717, 1.165) is 46.1 Å². The molecule has 0 saturated heterocycles. The van der Waals surface area contributed by atoms with Crippen LogP contribution < -0.4 is 16.0 Å².